The van der Waals surface area contributed by atoms with E-state index in [2.05, 4.69) is 27.4 Å². The topological polar surface area (TPSA) is 46.5 Å². The summed E-state index contributed by atoms with van der Waals surface area (Å²) in [5, 5.41) is 10.2. The third-order valence-electron chi connectivity index (χ3n) is 5.17. The van der Waals surface area contributed by atoms with E-state index in [4.69, 9.17) is 4.74 Å². The summed E-state index contributed by atoms with van der Waals surface area (Å²) < 4.78 is 5.10. The molecule has 3 unspecified atom stereocenters. The number of hydrogen-bond acceptors (Lipinski definition) is 3. The first-order valence-corrected chi connectivity index (χ1v) is 8.84. The second kappa shape index (κ2) is 10.0. The Morgan fingerprint density at radius 3 is 2.41 bits per heavy atom. The van der Waals surface area contributed by atoms with E-state index in [1.54, 1.807) is 0 Å². The Kier molecular flexibility index (Phi) is 9.66. The number of rotatable bonds is 7. The van der Waals surface area contributed by atoms with Gasteiger partial charge in [-0.15, -0.1) is 0 Å². The van der Waals surface area contributed by atoms with Crippen molar-refractivity contribution in [2.75, 3.05) is 6.61 Å². The van der Waals surface area contributed by atoms with Gasteiger partial charge in [0.15, 0.2) is 0 Å². The van der Waals surface area contributed by atoms with Crippen molar-refractivity contribution in [3.05, 3.63) is 12.2 Å². The van der Waals surface area contributed by atoms with Crippen LogP contribution in [0.2, 0.25) is 0 Å². The first-order valence-electron chi connectivity index (χ1n) is 8.84. The average Bonchev–Trinajstić information content (AvgIpc) is 2.75. The van der Waals surface area contributed by atoms with Gasteiger partial charge in [0.05, 0.1) is 18.3 Å². The van der Waals surface area contributed by atoms with Crippen molar-refractivity contribution in [2.24, 2.45) is 17.3 Å². The van der Waals surface area contributed by atoms with Gasteiger partial charge in [0, 0.05) is 0 Å². The number of carbonyl (C=O) groups excluding carboxylic acids is 1. The highest BCUT2D eigenvalue weighted by Crippen LogP contribution is 2.49. The number of hydrogen-bond donors (Lipinski definition) is 1. The summed E-state index contributed by atoms with van der Waals surface area (Å²) >= 11 is 0. The zero-order chi connectivity index (χ0) is 17.3. The molecule has 0 aromatic heterocycles. The number of aliphatic hydroxyl groups excluding tert-OH is 1. The quantitative estimate of drug-likeness (QED) is 0.420. The minimum Gasteiger partial charge on any atom is -0.462 e. The third kappa shape index (κ3) is 5.75. The molecule has 0 radical (unpaired) electrons. The van der Waals surface area contributed by atoms with Crippen molar-refractivity contribution < 1.29 is 14.6 Å². The monoisotopic (exact) mass is 312 g/mol. The molecular weight excluding hydrogens is 276 g/mol. The summed E-state index contributed by atoms with van der Waals surface area (Å²) in [5.74, 6) is 0.645. The lowest BCUT2D eigenvalue weighted by Crippen LogP contribution is -2.29. The highest BCUT2D eigenvalue weighted by Gasteiger charge is 2.41. The molecule has 1 N–H and O–H groups in total. The van der Waals surface area contributed by atoms with Crippen LogP contribution in [0.15, 0.2) is 12.2 Å². The van der Waals surface area contributed by atoms with Crippen LogP contribution in [0, 0.1) is 17.3 Å². The van der Waals surface area contributed by atoms with E-state index in [1.807, 2.05) is 20.8 Å². The lowest BCUT2D eigenvalue weighted by Gasteiger charge is -2.32. The summed E-state index contributed by atoms with van der Waals surface area (Å²) in [5.41, 5.74) is 0.421. The van der Waals surface area contributed by atoms with Crippen molar-refractivity contribution in [3.63, 3.8) is 0 Å². The molecule has 3 atom stereocenters. The molecule has 3 nitrogen and oxygen atoms in total. The Hall–Kier alpha value is -0.830. The van der Waals surface area contributed by atoms with Crippen LogP contribution >= 0.6 is 0 Å². The van der Waals surface area contributed by atoms with Crippen LogP contribution in [0.3, 0.4) is 0 Å². The maximum absolute atomic E-state index is 11.8. The summed E-state index contributed by atoms with van der Waals surface area (Å²) in [6.45, 7) is 16.9. The molecule has 0 aromatic rings. The molecular formula is C19H36O3. The summed E-state index contributed by atoms with van der Waals surface area (Å²) in [6.07, 6.45) is 3.97. The molecule has 0 aliphatic heterocycles. The van der Waals surface area contributed by atoms with Gasteiger partial charge < -0.3 is 9.84 Å². The summed E-state index contributed by atoms with van der Waals surface area (Å²) in [4.78, 5) is 11.8. The van der Waals surface area contributed by atoms with Gasteiger partial charge in [0.25, 0.3) is 0 Å². The molecule has 0 heterocycles. The standard InChI is InChI=1S/C17H30O3.C2H6/c1-6-7-10-20-16(19)13(3)15(18)11-14-9-8-12(2)17(14,4)5;1-2/h12,14-15,18H,3,6-11H2,1-2,4-5H3;1-2H3. The largest absolute Gasteiger partial charge is 0.462 e. The minimum absolute atomic E-state index is 0.205. The molecule has 0 spiro atoms. The Balaban J connectivity index is 0.00000211. The van der Waals surface area contributed by atoms with Gasteiger partial charge in [-0.05, 0) is 42.9 Å². The van der Waals surface area contributed by atoms with Crippen LogP contribution in [-0.2, 0) is 9.53 Å². The van der Waals surface area contributed by atoms with Crippen LogP contribution in [0.4, 0.5) is 0 Å². The van der Waals surface area contributed by atoms with Crippen molar-refractivity contribution in [1.29, 1.82) is 0 Å². The Morgan fingerprint density at radius 2 is 1.95 bits per heavy atom. The third-order valence-corrected chi connectivity index (χ3v) is 5.17. The molecule has 0 aromatic carbocycles. The predicted molar refractivity (Wildman–Crippen MR) is 92.6 cm³/mol. The molecule has 130 valence electrons. The van der Waals surface area contributed by atoms with Gasteiger partial charge in [0.2, 0.25) is 0 Å². The maximum atomic E-state index is 11.8. The average molecular weight is 312 g/mol. The summed E-state index contributed by atoms with van der Waals surface area (Å²) in [6, 6.07) is 0. The SMILES string of the molecule is C=C(C(=O)OCCCC)C(O)CC1CCC(C)C1(C)C.CC. The molecule has 1 saturated carbocycles. The lowest BCUT2D eigenvalue weighted by molar-refractivity contribution is -0.140. The molecule has 0 amide bonds. The van der Waals surface area contributed by atoms with Gasteiger partial charge in [-0.3, -0.25) is 0 Å². The van der Waals surface area contributed by atoms with Crippen molar-refractivity contribution in [2.45, 2.75) is 79.8 Å². The van der Waals surface area contributed by atoms with E-state index in [0.717, 1.165) is 19.3 Å². The van der Waals surface area contributed by atoms with Crippen molar-refractivity contribution in [3.8, 4) is 0 Å². The van der Waals surface area contributed by atoms with Crippen LogP contribution in [0.5, 0.6) is 0 Å². The van der Waals surface area contributed by atoms with Crippen molar-refractivity contribution >= 4 is 5.97 Å². The normalized spacial score (nSPS) is 24.1. The molecule has 3 heteroatoms. The highest BCUT2D eigenvalue weighted by molar-refractivity contribution is 5.88. The molecule has 1 aliphatic carbocycles. The number of carbonyl (C=O) groups is 1. The minimum atomic E-state index is -0.779. The van der Waals surface area contributed by atoms with Crippen LogP contribution in [-0.4, -0.2) is 23.8 Å². The first kappa shape index (κ1) is 21.2. The van der Waals surface area contributed by atoms with Gasteiger partial charge in [-0.25, -0.2) is 4.79 Å². The number of unbranched alkanes of at least 4 members (excludes halogenated alkanes) is 1. The fourth-order valence-electron chi connectivity index (χ4n) is 2.97. The van der Waals surface area contributed by atoms with Gasteiger partial charge in [-0.1, -0.05) is 54.5 Å². The second-order valence-corrected chi connectivity index (χ2v) is 6.76. The zero-order valence-electron chi connectivity index (χ0n) is 15.4. The van der Waals surface area contributed by atoms with E-state index in [9.17, 15) is 9.90 Å². The Labute approximate surface area is 137 Å². The highest BCUT2D eigenvalue weighted by atomic mass is 16.5. The maximum Gasteiger partial charge on any atom is 0.336 e. The number of esters is 1. The molecule has 1 rings (SSSR count). The molecule has 0 bridgehead atoms. The van der Waals surface area contributed by atoms with Crippen LogP contribution in [0.1, 0.15) is 73.6 Å². The molecule has 0 saturated heterocycles. The van der Waals surface area contributed by atoms with Crippen LogP contribution in [0.25, 0.3) is 0 Å². The first-order chi connectivity index (χ1) is 10.3. The smallest absolute Gasteiger partial charge is 0.336 e. The van der Waals surface area contributed by atoms with E-state index < -0.39 is 12.1 Å². The Bertz CT molecular complexity index is 347. The molecule has 22 heavy (non-hydrogen) atoms. The predicted octanol–water partition coefficient (Wildman–Crippen LogP) is 4.74. The van der Waals surface area contributed by atoms with E-state index in [0.29, 0.717) is 24.9 Å². The molecule has 1 aliphatic rings. The van der Waals surface area contributed by atoms with E-state index in [-0.39, 0.29) is 11.0 Å². The van der Waals surface area contributed by atoms with E-state index >= 15 is 0 Å². The van der Waals surface area contributed by atoms with Gasteiger partial charge in [0.1, 0.15) is 0 Å². The van der Waals surface area contributed by atoms with Gasteiger partial charge in [-0.2, -0.15) is 0 Å². The fourth-order valence-corrected chi connectivity index (χ4v) is 2.97. The second-order valence-electron chi connectivity index (χ2n) is 6.76. The zero-order valence-corrected chi connectivity index (χ0v) is 15.4. The number of ether oxygens (including phenoxy) is 1. The van der Waals surface area contributed by atoms with E-state index in [1.165, 1.54) is 6.42 Å². The van der Waals surface area contributed by atoms with Crippen LogP contribution < -0.4 is 0 Å². The molecule has 1 fully saturated rings. The summed E-state index contributed by atoms with van der Waals surface area (Å²) in [7, 11) is 0. The van der Waals surface area contributed by atoms with Gasteiger partial charge >= 0.3 is 5.97 Å². The fraction of sp³-hybridized carbons (Fsp3) is 0.842. The van der Waals surface area contributed by atoms with Crippen molar-refractivity contribution in [1.82, 2.24) is 0 Å². The number of aliphatic hydroxyl groups is 1. The lowest BCUT2D eigenvalue weighted by atomic mass is 9.74. The Morgan fingerprint density at radius 1 is 1.36 bits per heavy atom.